The summed E-state index contributed by atoms with van der Waals surface area (Å²) in [4.78, 5) is 17.5. The first-order valence-electron chi connectivity index (χ1n) is 7.34. The molecule has 20 heavy (non-hydrogen) atoms. The Morgan fingerprint density at radius 1 is 1.45 bits per heavy atom. The van der Waals surface area contributed by atoms with Gasteiger partial charge in [-0.05, 0) is 51.0 Å². The molecule has 1 aliphatic rings. The van der Waals surface area contributed by atoms with Crippen molar-refractivity contribution in [2.75, 3.05) is 19.6 Å². The van der Waals surface area contributed by atoms with Crippen molar-refractivity contribution in [3.8, 4) is 0 Å². The Bertz CT molecular complexity index is 442. The van der Waals surface area contributed by atoms with Crippen LogP contribution >= 0.6 is 0 Å². The van der Waals surface area contributed by atoms with Crippen molar-refractivity contribution in [2.24, 2.45) is 0 Å². The molecule has 0 bridgehead atoms. The molecule has 1 aromatic heterocycles. The fourth-order valence-electron chi connectivity index (χ4n) is 2.62. The van der Waals surface area contributed by atoms with Crippen LogP contribution in [0.2, 0.25) is 0 Å². The number of hydrogen-bond acceptors (Lipinski definition) is 4. The summed E-state index contributed by atoms with van der Waals surface area (Å²) in [6, 6.07) is 5.65. The van der Waals surface area contributed by atoms with Crippen LogP contribution in [-0.2, 0) is 6.54 Å². The molecule has 5 nitrogen and oxygen atoms in total. The monoisotopic (exact) mass is 277 g/mol. The van der Waals surface area contributed by atoms with Crippen LogP contribution in [-0.4, -0.2) is 46.6 Å². The van der Waals surface area contributed by atoms with Gasteiger partial charge < -0.3 is 15.3 Å². The number of rotatable bonds is 6. The van der Waals surface area contributed by atoms with E-state index in [0.29, 0.717) is 12.6 Å². The summed E-state index contributed by atoms with van der Waals surface area (Å²) in [5.41, 5.74) is 0.906. The Morgan fingerprint density at radius 2 is 2.20 bits per heavy atom. The minimum atomic E-state index is -0.972. The number of piperidine rings is 1. The number of carbonyl (C=O) groups is 1. The number of carboxylic acid groups (broad SMARTS) is 1. The van der Waals surface area contributed by atoms with Gasteiger partial charge in [0.25, 0.3) is 0 Å². The van der Waals surface area contributed by atoms with Crippen LogP contribution in [0.1, 0.15) is 42.4 Å². The Balaban J connectivity index is 1.78. The van der Waals surface area contributed by atoms with Gasteiger partial charge in [-0.25, -0.2) is 9.78 Å². The van der Waals surface area contributed by atoms with Gasteiger partial charge in [-0.2, -0.15) is 0 Å². The highest BCUT2D eigenvalue weighted by Crippen LogP contribution is 2.11. The van der Waals surface area contributed by atoms with Gasteiger partial charge in [-0.3, -0.25) is 0 Å². The molecule has 2 rings (SSSR count). The van der Waals surface area contributed by atoms with Crippen LogP contribution in [0.4, 0.5) is 0 Å². The van der Waals surface area contributed by atoms with Crippen molar-refractivity contribution in [3.05, 3.63) is 29.6 Å². The maximum atomic E-state index is 10.9. The molecule has 1 fully saturated rings. The lowest BCUT2D eigenvalue weighted by Crippen LogP contribution is -2.42. The van der Waals surface area contributed by atoms with Gasteiger partial charge in [-0.1, -0.05) is 13.0 Å². The molecule has 2 N–H and O–H groups in total. The second-order valence-corrected chi connectivity index (χ2v) is 5.32. The lowest BCUT2D eigenvalue weighted by Gasteiger charge is -2.32. The first-order chi connectivity index (χ1) is 9.69. The van der Waals surface area contributed by atoms with E-state index in [-0.39, 0.29) is 5.69 Å². The number of pyridine rings is 1. The van der Waals surface area contributed by atoms with Crippen molar-refractivity contribution in [1.82, 2.24) is 15.2 Å². The minimum absolute atomic E-state index is 0.113. The highest BCUT2D eigenvalue weighted by molar-refractivity contribution is 5.85. The van der Waals surface area contributed by atoms with Crippen LogP contribution in [0.15, 0.2) is 18.2 Å². The van der Waals surface area contributed by atoms with Gasteiger partial charge in [0.2, 0.25) is 0 Å². The number of carboxylic acids is 1. The van der Waals surface area contributed by atoms with E-state index in [2.05, 4.69) is 22.1 Å². The van der Waals surface area contributed by atoms with Gasteiger partial charge in [0.05, 0.1) is 5.69 Å². The summed E-state index contributed by atoms with van der Waals surface area (Å²) < 4.78 is 0. The fraction of sp³-hybridized carbons (Fsp3) is 0.600. The highest BCUT2D eigenvalue weighted by atomic mass is 16.4. The van der Waals surface area contributed by atoms with Gasteiger partial charge >= 0.3 is 5.97 Å². The van der Waals surface area contributed by atoms with E-state index in [0.717, 1.165) is 31.6 Å². The Kier molecular flexibility index (Phi) is 5.49. The van der Waals surface area contributed by atoms with E-state index in [9.17, 15) is 4.79 Å². The van der Waals surface area contributed by atoms with Crippen LogP contribution in [0.3, 0.4) is 0 Å². The second-order valence-electron chi connectivity index (χ2n) is 5.32. The third kappa shape index (κ3) is 4.28. The highest BCUT2D eigenvalue weighted by Gasteiger charge is 2.18. The summed E-state index contributed by atoms with van der Waals surface area (Å²) in [6.45, 7) is 6.34. The predicted molar refractivity (Wildman–Crippen MR) is 77.8 cm³/mol. The van der Waals surface area contributed by atoms with E-state index in [1.54, 1.807) is 6.07 Å². The summed E-state index contributed by atoms with van der Waals surface area (Å²) in [5, 5.41) is 12.4. The number of aromatic nitrogens is 1. The zero-order valence-corrected chi connectivity index (χ0v) is 12.0. The molecule has 1 aromatic rings. The largest absolute Gasteiger partial charge is 0.477 e. The molecule has 0 atom stereocenters. The number of nitrogens with zero attached hydrogens (tertiary/aromatic N) is 2. The molecule has 110 valence electrons. The van der Waals surface area contributed by atoms with Crippen LogP contribution in [0, 0.1) is 0 Å². The Morgan fingerprint density at radius 3 is 2.85 bits per heavy atom. The lowest BCUT2D eigenvalue weighted by atomic mass is 10.0. The molecule has 1 saturated heterocycles. The zero-order valence-electron chi connectivity index (χ0n) is 12.0. The number of aromatic carboxylic acids is 1. The average Bonchev–Trinajstić information content (AvgIpc) is 2.47. The predicted octanol–water partition coefficient (Wildman–Crippen LogP) is 1.74. The maximum absolute atomic E-state index is 10.9. The van der Waals surface area contributed by atoms with Crippen molar-refractivity contribution in [1.29, 1.82) is 0 Å². The quantitative estimate of drug-likeness (QED) is 0.829. The molecule has 0 saturated carbocycles. The second kappa shape index (κ2) is 7.36. The lowest BCUT2D eigenvalue weighted by molar-refractivity contribution is 0.0690. The van der Waals surface area contributed by atoms with Gasteiger partial charge in [0.1, 0.15) is 5.69 Å². The van der Waals surface area contributed by atoms with E-state index < -0.39 is 5.97 Å². The van der Waals surface area contributed by atoms with Gasteiger partial charge in [0, 0.05) is 12.6 Å². The summed E-state index contributed by atoms with van der Waals surface area (Å²) in [7, 11) is 0. The normalized spacial score (nSPS) is 17.2. The molecule has 1 aliphatic heterocycles. The van der Waals surface area contributed by atoms with Crippen molar-refractivity contribution >= 4 is 5.97 Å². The summed E-state index contributed by atoms with van der Waals surface area (Å²) in [5.74, 6) is -0.972. The molecule has 0 aliphatic carbocycles. The summed E-state index contributed by atoms with van der Waals surface area (Å²) >= 11 is 0. The molecule has 0 spiro atoms. The smallest absolute Gasteiger partial charge is 0.354 e. The maximum Gasteiger partial charge on any atom is 0.354 e. The number of hydrogen-bond donors (Lipinski definition) is 2. The molecular formula is C15H23N3O2. The van der Waals surface area contributed by atoms with Crippen molar-refractivity contribution < 1.29 is 9.90 Å². The third-order valence-corrected chi connectivity index (χ3v) is 3.73. The van der Waals surface area contributed by atoms with Crippen LogP contribution in [0.25, 0.3) is 0 Å². The van der Waals surface area contributed by atoms with Crippen molar-refractivity contribution in [3.63, 3.8) is 0 Å². The van der Waals surface area contributed by atoms with Crippen molar-refractivity contribution in [2.45, 2.75) is 38.8 Å². The summed E-state index contributed by atoms with van der Waals surface area (Å²) in [6.07, 6.45) is 3.52. The molecule has 5 heteroatoms. The SMILES string of the molecule is CCCN1CCC(NCc2cccc(C(=O)O)n2)CC1. The van der Waals surface area contributed by atoms with E-state index in [1.165, 1.54) is 19.0 Å². The molecule has 0 unspecified atom stereocenters. The molecule has 0 aromatic carbocycles. The number of likely N-dealkylation sites (tertiary alicyclic amines) is 1. The minimum Gasteiger partial charge on any atom is -0.477 e. The van der Waals surface area contributed by atoms with Crippen LogP contribution < -0.4 is 5.32 Å². The van der Waals surface area contributed by atoms with Gasteiger partial charge in [0.15, 0.2) is 0 Å². The fourth-order valence-corrected chi connectivity index (χ4v) is 2.62. The van der Waals surface area contributed by atoms with E-state index in [1.807, 2.05) is 6.07 Å². The topological polar surface area (TPSA) is 65.5 Å². The van der Waals surface area contributed by atoms with Crippen LogP contribution in [0.5, 0.6) is 0 Å². The molecule has 0 radical (unpaired) electrons. The first-order valence-corrected chi connectivity index (χ1v) is 7.34. The first kappa shape index (κ1) is 14.9. The Labute approximate surface area is 120 Å². The zero-order chi connectivity index (χ0) is 14.4. The molecule has 2 heterocycles. The average molecular weight is 277 g/mol. The Hall–Kier alpha value is -1.46. The third-order valence-electron chi connectivity index (χ3n) is 3.73. The standard InChI is InChI=1S/C15H23N3O2/c1-2-8-18-9-6-12(7-10-18)16-11-13-4-3-5-14(17-13)15(19)20/h3-5,12,16H,2,6-11H2,1H3,(H,19,20). The molecular weight excluding hydrogens is 254 g/mol. The molecule has 0 amide bonds. The van der Waals surface area contributed by atoms with E-state index in [4.69, 9.17) is 5.11 Å². The van der Waals surface area contributed by atoms with E-state index >= 15 is 0 Å². The number of nitrogens with one attached hydrogen (secondary N) is 1. The van der Waals surface area contributed by atoms with Gasteiger partial charge in [-0.15, -0.1) is 0 Å².